The summed E-state index contributed by atoms with van der Waals surface area (Å²) in [6.07, 6.45) is 7.97. The van der Waals surface area contributed by atoms with Gasteiger partial charge in [0.25, 0.3) is 0 Å². The smallest absolute Gasteiger partial charge is 0.0667 e. The van der Waals surface area contributed by atoms with Crippen LogP contribution < -0.4 is 0 Å². The lowest BCUT2D eigenvalue weighted by Crippen LogP contribution is -2.38. The van der Waals surface area contributed by atoms with Crippen LogP contribution in [0.25, 0.3) is 0 Å². The van der Waals surface area contributed by atoms with E-state index in [1.165, 1.54) is 5.56 Å². The van der Waals surface area contributed by atoms with E-state index in [-0.39, 0.29) is 6.10 Å². The molecule has 0 radical (unpaired) electrons. The van der Waals surface area contributed by atoms with Crippen LogP contribution >= 0.6 is 0 Å². The minimum atomic E-state index is -0.102. The molecule has 0 aliphatic carbocycles. The van der Waals surface area contributed by atoms with Crippen molar-refractivity contribution < 1.29 is 5.11 Å². The molecule has 1 aromatic rings. The second kappa shape index (κ2) is 5.97. The van der Waals surface area contributed by atoms with Crippen LogP contribution in [0, 0.1) is 0 Å². The number of nitrogens with zero attached hydrogens (tertiary/aromatic N) is 2. The summed E-state index contributed by atoms with van der Waals surface area (Å²) >= 11 is 0. The lowest BCUT2D eigenvalue weighted by molar-refractivity contribution is 0.0702. The number of hydrogen-bond donors (Lipinski definition) is 1. The Labute approximate surface area is 97.1 Å². The van der Waals surface area contributed by atoms with Crippen molar-refractivity contribution in [3.05, 3.63) is 30.1 Å². The molecule has 3 heteroatoms. The molecule has 0 spiro atoms. The van der Waals surface area contributed by atoms with E-state index < -0.39 is 0 Å². The van der Waals surface area contributed by atoms with E-state index in [0.717, 1.165) is 45.3 Å². The average molecular weight is 220 g/mol. The lowest BCUT2D eigenvalue weighted by Gasteiger charge is -2.29. The van der Waals surface area contributed by atoms with Gasteiger partial charge < -0.3 is 10.0 Å². The summed E-state index contributed by atoms with van der Waals surface area (Å²) in [7, 11) is 0. The van der Waals surface area contributed by atoms with E-state index in [2.05, 4.69) is 22.0 Å². The van der Waals surface area contributed by atoms with Crippen LogP contribution in [0.15, 0.2) is 24.5 Å². The van der Waals surface area contributed by atoms with E-state index in [0.29, 0.717) is 0 Å². The molecule has 16 heavy (non-hydrogen) atoms. The van der Waals surface area contributed by atoms with Gasteiger partial charge in [-0.25, -0.2) is 0 Å². The first-order valence-corrected chi connectivity index (χ1v) is 6.14. The van der Waals surface area contributed by atoms with Crippen LogP contribution in [-0.2, 0) is 6.42 Å². The fourth-order valence-corrected chi connectivity index (χ4v) is 2.29. The SMILES string of the molecule is O[C@H]1CCCN(CCCc2ccncc2)C1. The van der Waals surface area contributed by atoms with Crippen LogP contribution in [0.4, 0.5) is 0 Å². The van der Waals surface area contributed by atoms with E-state index in [1.54, 1.807) is 0 Å². The molecule has 0 amide bonds. The van der Waals surface area contributed by atoms with Gasteiger partial charge >= 0.3 is 0 Å². The van der Waals surface area contributed by atoms with E-state index in [9.17, 15) is 5.11 Å². The summed E-state index contributed by atoms with van der Waals surface area (Å²) in [6.45, 7) is 3.10. The monoisotopic (exact) mass is 220 g/mol. The minimum absolute atomic E-state index is 0.102. The molecule has 1 atom stereocenters. The van der Waals surface area contributed by atoms with Gasteiger partial charge in [-0.05, 0) is 56.5 Å². The predicted molar refractivity (Wildman–Crippen MR) is 64.2 cm³/mol. The highest BCUT2D eigenvalue weighted by atomic mass is 16.3. The second-order valence-electron chi connectivity index (χ2n) is 4.56. The highest BCUT2D eigenvalue weighted by Crippen LogP contribution is 2.11. The molecule has 1 aliphatic heterocycles. The van der Waals surface area contributed by atoms with Crippen molar-refractivity contribution in [1.29, 1.82) is 0 Å². The Balaban J connectivity index is 1.68. The van der Waals surface area contributed by atoms with E-state index in [1.807, 2.05) is 12.4 Å². The third kappa shape index (κ3) is 3.58. The average Bonchev–Trinajstić information content (AvgIpc) is 2.30. The van der Waals surface area contributed by atoms with Gasteiger partial charge in [0.05, 0.1) is 6.10 Å². The van der Waals surface area contributed by atoms with Crippen molar-refractivity contribution >= 4 is 0 Å². The molecule has 2 heterocycles. The topological polar surface area (TPSA) is 36.4 Å². The first-order valence-electron chi connectivity index (χ1n) is 6.14. The van der Waals surface area contributed by atoms with Gasteiger partial charge in [-0.3, -0.25) is 4.98 Å². The maximum absolute atomic E-state index is 9.55. The van der Waals surface area contributed by atoms with Crippen molar-refractivity contribution in [2.24, 2.45) is 0 Å². The summed E-state index contributed by atoms with van der Waals surface area (Å²) in [6, 6.07) is 4.15. The van der Waals surface area contributed by atoms with Gasteiger partial charge in [0.2, 0.25) is 0 Å². The highest BCUT2D eigenvalue weighted by Gasteiger charge is 2.16. The summed E-state index contributed by atoms with van der Waals surface area (Å²) < 4.78 is 0. The minimum Gasteiger partial charge on any atom is -0.392 e. The number of piperidine rings is 1. The van der Waals surface area contributed by atoms with Gasteiger partial charge in [0.1, 0.15) is 0 Å². The van der Waals surface area contributed by atoms with Crippen LogP contribution in [0.2, 0.25) is 0 Å². The quantitative estimate of drug-likeness (QED) is 0.834. The Bertz CT molecular complexity index is 302. The summed E-state index contributed by atoms with van der Waals surface area (Å²) in [4.78, 5) is 6.38. The Hall–Kier alpha value is -0.930. The molecule has 0 aromatic carbocycles. The molecule has 0 saturated carbocycles. The molecule has 88 valence electrons. The van der Waals surface area contributed by atoms with Crippen molar-refractivity contribution in [3.8, 4) is 0 Å². The number of pyridine rings is 1. The van der Waals surface area contributed by atoms with Crippen molar-refractivity contribution in [1.82, 2.24) is 9.88 Å². The number of rotatable bonds is 4. The number of aromatic nitrogens is 1. The fraction of sp³-hybridized carbons (Fsp3) is 0.615. The third-order valence-electron chi connectivity index (χ3n) is 3.17. The number of aliphatic hydroxyl groups is 1. The summed E-state index contributed by atoms with van der Waals surface area (Å²) in [5, 5.41) is 9.55. The Kier molecular flexibility index (Phi) is 4.31. The largest absolute Gasteiger partial charge is 0.392 e. The molecule has 3 nitrogen and oxygen atoms in total. The van der Waals surface area contributed by atoms with E-state index in [4.69, 9.17) is 0 Å². The van der Waals surface area contributed by atoms with Crippen LogP contribution in [0.5, 0.6) is 0 Å². The molecule has 1 aromatic heterocycles. The third-order valence-corrected chi connectivity index (χ3v) is 3.17. The standard InChI is InChI=1S/C13H20N2O/c16-13-4-2-10-15(11-13)9-1-3-12-5-7-14-8-6-12/h5-8,13,16H,1-4,9-11H2/t13-/m0/s1. The number of hydrogen-bond acceptors (Lipinski definition) is 3. The Morgan fingerprint density at radius 3 is 2.94 bits per heavy atom. The molecular formula is C13H20N2O. The summed E-state index contributed by atoms with van der Waals surface area (Å²) in [5.74, 6) is 0. The van der Waals surface area contributed by atoms with Crippen LogP contribution in [0.3, 0.4) is 0 Å². The van der Waals surface area contributed by atoms with Crippen molar-refractivity contribution in [3.63, 3.8) is 0 Å². The second-order valence-corrected chi connectivity index (χ2v) is 4.56. The highest BCUT2D eigenvalue weighted by molar-refractivity contribution is 5.09. The first-order chi connectivity index (χ1) is 7.84. The van der Waals surface area contributed by atoms with Crippen molar-refractivity contribution in [2.75, 3.05) is 19.6 Å². The molecule has 1 fully saturated rings. The molecule has 1 saturated heterocycles. The lowest BCUT2D eigenvalue weighted by atomic mass is 10.1. The number of aliphatic hydroxyl groups excluding tert-OH is 1. The van der Waals surface area contributed by atoms with Gasteiger partial charge in [-0.1, -0.05) is 0 Å². The molecular weight excluding hydrogens is 200 g/mol. The molecule has 0 unspecified atom stereocenters. The van der Waals surface area contributed by atoms with Crippen molar-refractivity contribution in [2.45, 2.75) is 31.8 Å². The molecule has 0 bridgehead atoms. The van der Waals surface area contributed by atoms with Gasteiger partial charge in [0, 0.05) is 18.9 Å². The predicted octanol–water partition coefficient (Wildman–Crippen LogP) is 1.47. The maximum atomic E-state index is 9.55. The molecule has 1 aliphatic rings. The first kappa shape index (κ1) is 11.6. The van der Waals surface area contributed by atoms with Gasteiger partial charge in [-0.2, -0.15) is 0 Å². The van der Waals surface area contributed by atoms with Crippen LogP contribution in [-0.4, -0.2) is 40.7 Å². The maximum Gasteiger partial charge on any atom is 0.0667 e. The van der Waals surface area contributed by atoms with Crippen LogP contribution in [0.1, 0.15) is 24.8 Å². The van der Waals surface area contributed by atoms with Gasteiger partial charge in [0.15, 0.2) is 0 Å². The Morgan fingerprint density at radius 1 is 1.38 bits per heavy atom. The zero-order valence-corrected chi connectivity index (χ0v) is 9.68. The molecule has 1 N–H and O–H groups in total. The zero-order valence-electron chi connectivity index (χ0n) is 9.68. The van der Waals surface area contributed by atoms with E-state index >= 15 is 0 Å². The normalized spacial score (nSPS) is 22.2. The number of aryl methyl sites for hydroxylation is 1. The molecule has 2 rings (SSSR count). The zero-order chi connectivity index (χ0) is 11.2. The number of β-amino-alcohol motifs (C(OH)–C–C–N with tert-alkyl or cyclic N) is 1. The van der Waals surface area contributed by atoms with Gasteiger partial charge in [-0.15, -0.1) is 0 Å². The Morgan fingerprint density at radius 2 is 2.19 bits per heavy atom. The fourth-order valence-electron chi connectivity index (χ4n) is 2.29. The summed E-state index contributed by atoms with van der Waals surface area (Å²) in [5.41, 5.74) is 1.35. The number of likely N-dealkylation sites (tertiary alicyclic amines) is 1.